The maximum absolute atomic E-state index is 12.9. The van der Waals surface area contributed by atoms with E-state index < -0.39 is 0 Å². The Kier molecular flexibility index (Phi) is 4.75. The van der Waals surface area contributed by atoms with Gasteiger partial charge in [-0.3, -0.25) is 0 Å². The van der Waals surface area contributed by atoms with Crippen molar-refractivity contribution in [1.29, 1.82) is 0 Å². The maximum Gasteiger partial charge on any atom is 0.123 e. The molecular formula is C17H17FN2. The van der Waals surface area contributed by atoms with E-state index in [0.29, 0.717) is 13.1 Å². The number of nitrogens with zero attached hydrogens (tertiary/aromatic N) is 1. The lowest BCUT2D eigenvalue weighted by molar-refractivity contribution is 0.627. The molecule has 0 atom stereocenters. The fourth-order valence-corrected chi connectivity index (χ4v) is 1.97. The van der Waals surface area contributed by atoms with Gasteiger partial charge in [0.2, 0.25) is 0 Å². The van der Waals surface area contributed by atoms with Gasteiger partial charge in [0.1, 0.15) is 5.82 Å². The highest BCUT2D eigenvalue weighted by molar-refractivity contribution is 5.49. The van der Waals surface area contributed by atoms with E-state index in [0.717, 1.165) is 16.8 Å². The summed E-state index contributed by atoms with van der Waals surface area (Å²) in [4.78, 5) is 2.06. The summed E-state index contributed by atoms with van der Waals surface area (Å²) in [5.41, 5.74) is 8.48. The number of halogens is 1. The van der Waals surface area contributed by atoms with Crippen molar-refractivity contribution in [2.45, 2.75) is 6.54 Å². The third-order valence-electron chi connectivity index (χ3n) is 3.02. The normalized spacial score (nSPS) is 9.75. The summed E-state index contributed by atoms with van der Waals surface area (Å²) < 4.78 is 12.9. The lowest BCUT2D eigenvalue weighted by Gasteiger charge is -2.20. The number of hydrogen-bond acceptors (Lipinski definition) is 2. The molecule has 0 unspecified atom stereocenters. The summed E-state index contributed by atoms with van der Waals surface area (Å²) >= 11 is 0. The summed E-state index contributed by atoms with van der Waals surface area (Å²) in [7, 11) is 1.97. The van der Waals surface area contributed by atoms with Gasteiger partial charge in [0.15, 0.2) is 0 Å². The van der Waals surface area contributed by atoms with Crippen LogP contribution in [-0.2, 0) is 6.54 Å². The Morgan fingerprint density at radius 3 is 2.50 bits per heavy atom. The van der Waals surface area contributed by atoms with Gasteiger partial charge in [0.25, 0.3) is 0 Å². The lowest BCUT2D eigenvalue weighted by Crippen LogP contribution is -2.17. The molecule has 0 bridgehead atoms. The molecular weight excluding hydrogens is 251 g/mol. The van der Waals surface area contributed by atoms with Crippen LogP contribution < -0.4 is 10.6 Å². The Morgan fingerprint density at radius 1 is 1.10 bits per heavy atom. The van der Waals surface area contributed by atoms with Gasteiger partial charge in [-0.1, -0.05) is 30.0 Å². The van der Waals surface area contributed by atoms with Crippen LogP contribution in [0.1, 0.15) is 11.1 Å². The minimum atomic E-state index is -0.226. The fourth-order valence-electron chi connectivity index (χ4n) is 1.97. The van der Waals surface area contributed by atoms with E-state index in [4.69, 9.17) is 5.73 Å². The van der Waals surface area contributed by atoms with Crippen molar-refractivity contribution in [2.75, 3.05) is 18.5 Å². The molecule has 2 aromatic carbocycles. The zero-order valence-corrected chi connectivity index (χ0v) is 11.4. The first-order valence-electron chi connectivity index (χ1n) is 6.44. The molecule has 3 heteroatoms. The monoisotopic (exact) mass is 268 g/mol. The molecule has 0 aliphatic rings. The molecule has 20 heavy (non-hydrogen) atoms. The molecule has 0 fully saturated rings. The molecule has 0 spiro atoms. The predicted molar refractivity (Wildman–Crippen MR) is 80.9 cm³/mol. The second kappa shape index (κ2) is 6.74. The largest absolute Gasteiger partial charge is 0.370 e. The van der Waals surface area contributed by atoms with E-state index in [1.807, 2.05) is 31.3 Å². The molecule has 0 amide bonds. The zero-order chi connectivity index (χ0) is 14.4. The van der Waals surface area contributed by atoms with Crippen LogP contribution in [-0.4, -0.2) is 13.6 Å². The van der Waals surface area contributed by atoms with Crippen LogP contribution in [0.5, 0.6) is 0 Å². The standard InChI is InChI=1S/C17H17FN2/c1-20(17-10-8-16(18)9-11-17)13-15-6-3-2-5-14(15)7-4-12-19/h2-3,5-6,8-11H,12-13,19H2,1H3. The number of benzene rings is 2. The third kappa shape index (κ3) is 3.59. The van der Waals surface area contributed by atoms with Crippen LogP contribution in [0.3, 0.4) is 0 Å². The quantitative estimate of drug-likeness (QED) is 0.867. The van der Waals surface area contributed by atoms with E-state index in [1.54, 1.807) is 12.1 Å². The number of hydrogen-bond donors (Lipinski definition) is 1. The maximum atomic E-state index is 12.9. The minimum absolute atomic E-state index is 0.226. The molecule has 2 N–H and O–H groups in total. The van der Waals surface area contributed by atoms with Crippen molar-refractivity contribution in [3.05, 3.63) is 65.5 Å². The lowest BCUT2D eigenvalue weighted by atomic mass is 10.1. The third-order valence-corrected chi connectivity index (χ3v) is 3.02. The topological polar surface area (TPSA) is 29.3 Å². The average molecular weight is 268 g/mol. The van der Waals surface area contributed by atoms with Gasteiger partial charge in [0, 0.05) is 24.8 Å². The highest BCUT2D eigenvalue weighted by atomic mass is 19.1. The van der Waals surface area contributed by atoms with Crippen LogP contribution in [0.4, 0.5) is 10.1 Å². The first-order chi connectivity index (χ1) is 9.70. The molecule has 2 rings (SSSR count). The average Bonchev–Trinajstić information content (AvgIpc) is 2.47. The van der Waals surface area contributed by atoms with Gasteiger partial charge in [-0.05, 0) is 35.9 Å². The molecule has 2 nitrogen and oxygen atoms in total. The molecule has 0 heterocycles. The highest BCUT2D eigenvalue weighted by Crippen LogP contribution is 2.17. The van der Waals surface area contributed by atoms with Gasteiger partial charge < -0.3 is 10.6 Å². The molecule has 0 aliphatic heterocycles. The fraction of sp³-hybridized carbons (Fsp3) is 0.176. The van der Waals surface area contributed by atoms with E-state index in [2.05, 4.69) is 16.7 Å². The first-order valence-corrected chi connectivity index (χ1v) is 6.44. The Hall–Kier alpha value is -2.31. The Labute approximate surface area is 119 Å². The van der Waals surface area contributed by atoms with Gasteiger partial charge in [-0.2, -0.15) is 0 Å². The highest BCUT2D eigenvalue weighted by Gasteiger charge is 2.05. The molecule has 2 aromatic rings. The van der Waals surface area contributed by atoms with Gasteiger partial charge in [-0.15, -0.1) is 0 Å². The van der Waals surface area contributed by atoms with Crippen molar-refractivity contribution in [2.24, 2.45) is 5.73 Å². The number of anilines is 1. The summed E-state index contributed by atoms with van der Waals surface area (Å²) in [5.74, 6) is 5.73. The molecule has 0 aliphatic carbocycles. The second-order valence-electron chi connectivity index (χ2n) is 4.50. The zero-order valence-electron chi connectivity index (χ0n) is 11.4. The van der Waals surface area contributed by atoms with Gasteiger partial charge in [0.05, 0.1) is 6.54 Å². The SMILES string of the molecule is CN(Cc1ccccc1C#CCN)c1ccc(F)cc1. The molecule has 0 saturated heterocycles. The van der Waals surface area contributed by atoms with E-state index in [1.165, 1.54) is 12.1 Å². The molecule has 0 radical (unpaired) electrons. The van der Waals surface area contributed by atoms with Crippen LogP contribution in [0.15, 0.2) is 48.5 Å². The van der Waals surface area contributed by atoms with Crippen molar-refractivity contribution in [1.82, 2.24) is 0 Å². The van der Waals surface area contributed by atoms with Crippen LogP contribution in [0.2, 0.25) is 0 Å². The van der Waals surface area contributed by atoms with E-state index >= 15 is 0 Å². The minimum Gasteiger partial charge on any atom is -0.370 e. The number of rotatable bonds is 3. The van der Waals surface area contributed by atoms with E-state index in [-0.39, 0.29) is 5.82 Å². The smallest absolute Gasteiger partial charge is 0.123 e. The molecule has 0 aromatic heterocycles. The summed E-state index contributed by atoms with van der Waals surface area (Å²) in [6.07, 6.45) is 0. The first kappa shape index (κ1) is 14.1. The van der Waals surface area contributed by atoms with Crippen molar-refractivity contribution in [3.63, 3.8) is 0 Å². The van der Waals surface area contributed by atoms with E-state index in [9.17, 15) is 4.39 Å². The van der Waals surface area contributed by atoms with Crippen LogP contribution >= 0.6 is 0 Å². The Bertz CT molecular complexity index is 623. The van der Waals surface area contributed by atoms with Crippen molar-refractivity contribution >= 4 is 5.69 Å². The second-order valence-corrected chi connectivity index (χ2v) is 4.50. The summed E-state index contributed by atoms with van der Waals surface area (Å²) in [5, 5.41) is 0. The Morgan fingerprint density at radius 2 is 1.80 bits per heavy atom. The van der Waals surface area contributed by atoms with Crippen molar-refractivity contribution in [3.8, 4) is 11.8 Å². The summed E-state index contributed by atoms with van der Waals surface area (Å²) in [6, 6.07) is 14.4. The molecule has 102 valence electrons. The summed E-state index contributed by atoms with van der Waals surface area (Å²) in [6.45, 7) is 1.06. The van der Waals surface area contributed by atoms with Crippen LogP contribution in [0.25, 0.3) is 0 Å². The predicted octanol–water partition coefficient (Wildman–Crippen LogP) is 2.77. The Balaban J connectivity index is 2.19. The van der Waals surface area contributed by atoms with Crippen molar-refractivity contribution < 1.29 is 4.39 Å². The van der Waals surface area contributed by atoms with Gasteiger partial charge in [-0.25, -0.2) is 4.39 Å². The van der Waals surface area contributed by atoms with Gasteiger partial charge >= 0.3 is 0 Å². The number of nitrogens with two attached hydrogens (primary N) is 1. The molecule has 0 saturated carbocycles. The van der Waals surface area contributed by atoms with Crippen LogP contribution in [0, 0.1) is 17.7 Å².